The van der Waals surface area contributed by atoms with Gasteiger partial charge < -0.3 is 4.74 Å². The number of terminal acetylenes is 1. The summed E-state index contributed by atoms with van der Waals surface area (Å²) in [6.07, 6.45) is 5.86. The van der Waals surface area contributed by atoms with Gasteiger partial charge in [0.2, 0.25) is 0 Å². The molecule has 0 spiro atoms. The number of hydrogen-bond donors (Lipinski definition) is 0. The summed E-state index contributed by atoms with van der Waals surface area (Å²) in [5, 5.41) is 0. The maximum Gasteiger partial charge on any atom is 0.410 e. The number of rotatable bonds is 5. The van der Waals surface area contributed by atoms with Gasteiger partial charge in [-0.15, -0.1) is 6.42 Å². The largest absolute Gasteiger partial charge is 0.448 e. The fourth-order valence-electron chi connectivity index (χ4n) is 3.30. The molecule has 1 aliphatic rings. The fourth-order valence-corrected chi connectivity index (χ4v) is 3.30. The van der Waals surface area contributed by atoms with Crippen molar-refractivity contribution >= 4 is 6.09 Å². The second kappa shape index (κ2) is 7.23. The molecule has 2 aromatic carbocycles. The van der Waals surface area contributed by atoms with Crippen molar-refractivity contribution in [3.63, 3.8) is 0 Å². The standard InChI is InChI=1S/C21H21NO2/c1-3-13-22(14-4-2)21(23)24-15-20-18-11-7-5-9-16(18)17-10-6-8-12-19(17)20/h1,5-12,20H,4,13-15H2,2H3. The van der Waals surface area contributed by atoms with Crippen LogP contribution in [0.4, 0.5) is 4.79 Å². The van der Waals surface area contributed by atoms with E-state index < -0.39 is 0 Å². The Balaban J connectivity index is 1.78. The third-order valence-corrected chi connectivity index (χ3v) is 4.37. The van der Waals surface area contributed by atoms with Crippen LogP contribution >= 0.6 is 0 Å². The first-order chi connectivity index (χ1) is 11.8. The minimum atomic E-state index is -0.336. The van der Waals surface area contributed by atoms with Gasteiger partial charge in [-0.25, -0.2) is 4.79 Å². The van der Waals surface area contributed by atoms with Crippen LogP contribution in [-0.4, -0.2) is 30.7 Å². The van der Waals surface area contributed by atoms with E-state index in [4.69, 9.17) is 11.2 Å². The van der Waals surface area contributed by atoms with Crippen molar-refractivity contribution in [3.05, 3.63) is 59.7 Å². The van der Waals surface area contributed by atoms with Gasteiger partial charge in [-0.05, 0) is 28.7 Å². The Kier molecular flexibility index (Phi) is 4.86. The molecule has 24 heavy (non-hydrogen) atoms. The molecular weight excluding hydrogens is 298 g/mol. The summed E-state index contributed by atoms with van der Waals surface area (Å²) in [5.41, 5.74) is 4.88. The summed E-state index contributed by atoms with van der Waals surface area (Å²) in [4.78, 5) is 13.9. The molecule has 1 aliphatic carbocycles. The lowest BCUT2D eigenvalue weighted by Crippen LogP contribution is -2.33. The van der Waals surface area contributed by atoms with Crippen molar-refractivity contribution in [3.8, 4) is 23.5 Å². The van der Waals surface area contributed by atoms with Crippen molar-refractivity contribution < 1.29 is 9.53 Å². The highest BCUT2D eigenvalue weighted by atomic mass is 16.6. The van der Waals surface area contributed by atoms with Gasteiger partial charge in [-0.3, -0.25) is 4.90 Å². The number of fused-ring (bicyclic) bond motifs is 3. The molecule has 0 radical (unpaired) electrons. The highest BCUT2D eigenvalue weighted by Gasteiger charge is 2.29. The predicted molar refractivity (Wildman–Crippen MR) is 95.8 cm³/mol. The molecule has 0 heterocycles. The average molecular weight is 319 g/mol. The van der Waals surface area contributed by atoms with Crippen LogP contribution in [0.3, 0.4) is 0 Å². The molecule has 0 aromatic heterocycles. The summed E-state index contributed by atoms with van der Waals surface area (Å²) < 4.78 is 5.60. The van der Waals surface area contributed by atoms with Crippen LogP contribution < -0.4 is 0 Å². The molecule has 122 valence electrons. The monoisotopic (exact) mass is 319 g/mol. The number of benzene rings is 2. The van der Waals surface area contributed by atoms with E-state index in [0.29, 0.717) is 13.2 Å². The van der Waals surface area contributed by atoms with Crippen molar-refractivity contribution in [2.24, 2.45) is 0 Å². The quantitative estimate of drug-likeness (QED) is 0.770. The third kappa shape index (κ3) is 3.00. The van der Waals surface area contributed by atoms with Crippen molar-refractivity contribution in [1.29, 1.82) is 0 Å². The maximum atomic E-state index is 12.3. The number of amides is 1. The number of nitrogens with zero attached hydrogens (tertiary/aromatic N) is 1. The van der Waals surface area contributed by atoms with Gasteiger partial charge in [0.1, 0.15) is 6.61 Å². The van der Waals surface area contributed by atoms with Crippen LogP contribution in [0.1, 0.15) is 30.4 Å². The van der Waals surface area contributed by atoms with E-state index in [-0.39, 0.29) is 18.6 Å². The molecule has 0 fully saturated rings. The van der Waals surface area contributed by atoms with E-state index in [2.05, 4.69) is 30.2 Å². The van der Waals surface area contributed by atoms with Gasteiger partial charge in [0.15, 0.2) is 0 Å². The molecule has 3 heteroatoms. The summed E-state index contributed by atoms with van der Waals surface area (Å²) in [7, 11) is 0. The molecule has 0 unspecified atom stereocenters. The zero-order chi connectivity index (χ0) is 16.9. The zero-order valence-corrected chi connectivity index (χ0v) is 13.9. The van der Waals surface area contributed by atoms with Crippen LogP contribution in [0.25, 0.3) is 11.1 Å². The Bertz CT molecular complexity index is 730. The van der Waals surface area contributed by atoms with E-state index in [0.717, 1.165) is 6.42 Å². The molecule has 0 saturated carbocycles. The average Bonchev–Trinajstić information content (AvgIpc) is 2.93. The highest BCUT2D eigenvalue weighted by molar-refractivity contribution is 5.79. The van der Waals surface area contributed by atoms with E-state index >= 15 is 0 Å². The number of hydrogen-bond acceptors (Lipinski definition) is 2. The Morgan fingerprint density at radius 1 is 1.12 bits per heavy atom. The predicted octanol–water partition coefficient (Wildman–Crippen LogP) is 4.28. The van der Waals surface area contributed by atoms with Crippen LogP contribution in [0, 0.1) is 12.3 Å². The minimum Gasteiger partial charge on any atom is -0.448 e. The SMILES string of the molecule is C#CCN(CCC)C(=O)OCC1c2ccccc2-c2ccccc21. The zero-order valence-electron chi connectivity index (χ0n) is 13.9. The van der Waals surface area contributed by atoms with Gasteiger partial charge in [0.25, 0.3) is 0 Å². The fraction of sp³-hybridized carbons (Fsp3) is 0.286. The topological polar surface area (TPSA) is 29.5 Å². The van der Waals surface area contributed by atoms with Gasteiger partial charge >= 0.3 is 6.09 Å². The van der Waals surface area contributed by atoms with E-state index in [1.165, 1.54) is 22.3 Å². The van der Waals surface area contributed by atoms with Crippen molar-refractivity contribution in [2.45, 2.75) is 19.3 Å². The molecule has 2 aromatic rings. The van der Waals surface area contributed by atoms with Crippen LogP contribution in [0.5, 0.6) is 0 Å². The Hall–Kier alpha value is -2.73. The molecule has 0 aliphatic heterocycles. The van der Waals surface area contributed by atoms with Crippen LogP contribution in [0.15, 0.2) is 48.5 Å². The van der Waals surface area contributed by atoms with E-state index in [1.54, 1.807) is 4.90 Å². The normalized spacial score (nSPS) is 12.2. The van der Waals surface area contributed by atoms with E-state index in [1.807, 2.05) is 31.2 Å². The molecule has 1 amide bonds. The van der Waals surface area contributed by atoms with Crippen LogP contribution in [0.2, 0.25) is 0 Å². The molecule has 0 atom stereocenters. The highest BCUT2D eigenvalue weighted by Crippen LogP contribution is 2.44. The Morgan fingerprint density at radius 2 is 1.71 bits per heavy atom. The van der Waals surface area contributed by atoms with Gasteiger partial charge in [0.05, 0.1) is 6.54 Å². The van der Waals surface area contributed by atoms with E-state index in [9.17, 15) is 4.79 Å². The van der Waals surface area contributed by atoms with Gasteiger partial charge in [-0.1, -0.05) is 61.4 Å². The maximum absolute atomic E-state index is 12.3. The lowest BCUT2D eigenvalue weighted by Gasteiger charge is -2.21. The van der Waals surface area contributed by atoms with Crippen molar-refractivity contribution in [2.75, 3.05) is 19.7 Å². The molecule has 3 nitrogen and oxygen atoms in total. The molecule has 0 bridgehead atoms. The number of carbonyl (C=O) groups is 1. The molecular formula is C21H21NO2. The molecule has 0 saturated heterocycles. The first-order valence-electron chi connectivity index (χ1n) is 8.29. The van der Waals surface area contributed by atoms with Gasteiger partial charge in [-0.2, -0.15) is 0 Å². The Labute approximate surface area is 143 Å². The van der Waals surface area contributed by atoms with Crippen molar-refractivity contribution in [1.82, 2.24) is 4.90 Å². The first-order valence-corrected chi connectivity index (χ1v) is 8.29. The molecule has 3 rings (SSSR count). The lowest BCUT2D eigenvalue weighted by atomic mass is 9.98. The lowest BCUT2D eigenvalue weighted by molar-refractivity contribution is 0.104. The number of carbonyl (C=O) groups excluding carboxylic acids is 1. The minimum absolute atomic E-state index is 0.0793. The molecule has 0 N–H and O–H groups in total. The summed E-state index contributed by atoms with van der Waals surface area (Å²) in [6.45, 7) is 3.24. The van der Waals surface area contributed by atoms with Gasteiger partial charge in [0, 0.05) is 12.5 Å². The second-order valence-corrected chi connectivity index (χ2v) is 5.93. The summed E-state index contributed by atoms with van der Waals surface area (Å²) >= 11 is 0. The summed E-state index contributed by atoms with van der Waals surface area (Å²) in [5.74, 6) is 2.60. The number of ether oxygens (including phenoxy) is 1. The smallest absolute Gasteiger partial charge is 0.410 e. The second-order valence-electron chi connectivity index (χ2n) is 5.93. The third-order valence-electron chi connectivity index (χ3n) is 4.37. The summed E-state index contributed by atoms with van der Waals surface area (Å²) in [6, 6.07) is 16.6. The first kappa shape index (κ1) is 16.1. The van der Waals surface area contributed by atoms with Crippen LogP contribution in [-0.2, 0) is 4.74 Å². The Morgan fingerprint density at radius 3 is 2.25 bits per heavy atom.